The lowest BCUT2D eigenvalue weighted by atomic mass is 10.2. The molecule has 6 nitrogen and oxygen atoms in total. The number of sulfonamides is 1. The fraction of sp³-hybridized carbons (Fsp3) is 0.0588. The predicted octanol–water partition coefficient (Wildman–Crippen LogP) is 5.22. The van der Waals surface area contributed by atoms with Gasteiger partial charge in [0.15, 0.2) is 0 Å². The number of hydrogen-bond acceptors (Lipinski definition) is 6. The fourth-order valence-corrected chi connectivity index (χ4v) is 5.47. The molecule has 1 aromatic carbocycles. The molecule has 1 N–H and O–H groups in total. The van der Waals surface area contributed by atoms with E-state index in [0.717, 1.165) is 11.3 Å². The number of pyridine rings is 1. The van der Waals surface area contributed by atoms with E-state index in [1.165, 1.54) is 12.3 Å². The van der Waals surface area contributed by atoms with E-state index in [2.05, 4.69) is 9.71 Å². The monoisotopic (exact) mass is 439 g/mol. The van der Waals surface area contributed by atoms with Crippen LogP contribution in [0.4, 0.5) is 5.69 Å². The van der Waals surface area contributed by atoms with Gasteiger partial charge in [0.1, 0.15) is 26.6 Å². The van der Waals surface area contributed by atoms with Crippen molar-refractivity contribution in [3.8, 4) is 17.7 Å². The number of aryl methyl sites for hydroxylation is 1. The summed E-state index contributed by atoms with van der Waals surface area (Å²) >= 11 is 12.7. The maximum Gasteiger partial charge on any atom is 0.264 e. The average Bonchev–Trinajstić information content (AvgIpc) is 2.97. The smallest absolute Gasteiger partial charge is 0.264 e. The summed E-state index contributed by atoms with van der Waals surface area (Å²) in [7, 11) is -3.88. The highest BCUT2D eigenvalue weighted by atomic mass is 35.5. The Labute approximate surface area is 170 Å². The van der Waals surface area contributed by atoms with E-state index in [1.54, 1.807) is 37.3 Å². The Morgan fingerprint density at radius 3 is 2.67 bits per heavy atom. The summed E-state index contributed by atoms with van der Waals surface area (Å²) in [5.41, 5.74) is 1.27. The molecule has 3 rings (SSSR count). The molecule has 0 saturated carbocycles. The average molecular weight is 440 g/mol. The number of halogens is 2. The number of benzene rings is 1. The van der Waals surface area contributed by atoms with Crippen LogP contribution in [0.3, 0.4) is 0 Å². The molecule has 0 fully saturated rings. The third kappa shape index (κ3) is 4.34. The molecular formula is C17H11Cl2N3O3S2. The Hall–Kier alpha value is -2.31. The number of aromatic nitrogens is 1. The minimum absolute atomic E-state index is 0.0777. The van der Waals surface area contributed by atoms with Gasteiger partial charge in [0.25, 0.3) is 10.0 Å². The SMILES string of the molecule is Cc1cc(Oc2ncccc2C#N)ccc1NS(=O)(=O)c1cc(Cl)sc1Cl. The number of hydrogen-bond donors (Lipinski definition) is 1. The molecule has 0 aliphatic rings. The number of nitrogens with zero attached hydrogens (tertiary/aromatic N) is 2. The van der Waals surface area contributed by atoms with Gasteiger partial charge in [0.2, 0.25) is 5.88 Å². The first-order valence-electron chi connectivity index (χ1n) is 7.41. The van der Waals surface area contributed by atoms with Crippen molar-refractivity contribution in [3.05, 3.63) is 62.4 Å². The number of rotatable bonds is 5. The Morgan fingerprint density at radius 2 is 2.04 bits per heavy atom. The first-order chi connectivity index (χ1) is 12.8. The third-order valence-corrected chi connectivity index (χ3v) is 6.58. The van der Waals surface area contributed by atoms with Gasteiger partial charge in [-0.1, -0.05) is 23.2 Å². The van der Waals surface area contributed by atoms with E-state index >= 15 is 0 Å². The highest BCUT2D eigenvalue weighted by molar-refractivity contribution is 7.93. The second-order valence-electron chi connectivity index (χ2n) is 5.34. The molecule has 0 amide bonds. The summed E-state index contributed by atoms with van der Waals surface area (Å²) < 4.78 is 33.5. The number of nitrogens with one attached hydrogen (secondary N) is 1. The normalized spacial score (nSPS) is 11.0. The largest absolute Gasteiger partial charge is 0.438 e. The summed E-state index contributed by atoms with van der Waals surface area (Å²) in [6.45, 7) is 1.72. The van der Waals surface area contributed by atoms with Crippen LogP contribution in [0.1, 0.15) is 11.1 Å². The van der Waals surface area contributed by atoms with Gasteiger partial charge in [-0.2, -0.15) is 5.26 Å². The lowest BCUT2D eigenvalue weighted by Crippen LogP contribution is -2.13. The predicted molar refractivity (Wildman–Crippen MR) is 105 cm³/mol. The Bertz CT molecular complexity index is 1150. The molecule has 138 valence electrons. The van der Waals surface area contributed by atoms with Crippen molar-refractivity contribution < 1.29 is 13.2 Å². The molecule has 10 heteroatoms. The van der Waals surface area contributed by atoms with E-state index < -0.39 is 10.0 Å². The maximum atomic E-state index is 12.5. The van der Waals surface area contributed by atoms with Crippen LogP contribution in [-0.2, 0) is 10.0 Å². The van der Waals surface area contributed by atoms with Crippen LogP contribution in [0.15, 0.2) is 47.5 Å². The zero-order valence-corrected chi connectivity index (χ0v) is 16.9. The molecule has 2 aromatic heterocycles. The molecule has 3 aromatic rings. The molecule has 0 aliphatic heterocycles. The van der Waals surface area contributed by atoms with Gasteiger partial charge in [0.05, 0.1) is 10.0 Å². The molecule has 2 heterocycles. The molecule has 0 radical (unpaired) electrons. The minimum Gasteiger partial charge on any atom is -0.438 e. The van der Waals surface area contributed by atoms with Crippen LogP contribution in [0, 0.1) is 18.3 Å². The molecule has 0 atom stereocenters. The van der Waals surface area contributed by atoms with Crippen molar-refractivity contribution in [2.45, 2.75) is 11.8 Å². The number of thiophene rings is 1. The van der Waals surface area contributed by atoms with Crippen LogP contribution in [0.25, 0.3) is 0 Å². The zero-order valence-electron chi connectivity index (χ0n) is 13.7. The molecular weight excluding hydrogens is 429 g/mol. The van der Waals surface area contributed by atoms with Gasteiger partial charge in [-0.05, 0) is 48.9 Å². The van der Waals surface area contributed by atoms with Gasteiger partial charge < -0.3 is 4.74 Å². The third-order valence-electron chi connectivity index (χ3n) is 3.46. The summed E-state index contributed by atoms with van der Waals surface area (Å²) in [6, 6.07) is 11.3. The molecule has 0 bridgehead atoms. The minimum atomic E-state index is -3.88. The summed E-state index contributed by atoms with van der Waals surface area (Å²) in [6.07, 6.45) is 1.52. The van der Waals surface area contributed by atoms with Crippen LogP contribution in [0.5, 0.6) is 11.6 Å². The summed E-state index contributed by atoms with van der Waals surface area (Å²) in [5, 5.41) is 9.09. The maximum absolute atomic E-state index is 12.5. The van der Waals surface area contributed by atoms with Crippen molar-refractivity contribution in [1.29, 1.82) is 5.26 Å². The lowest BCUT2D eigenvalue weighted by Gasteiger charge is -2.12. The second kappa shape index (κ2) is 7.74. The van der Waals surface area contributed by atoms with Gasteiger partial charge in [-0.15, -0.1) is 11.3 Å². The topological polar surface area (TPSA) is 92.1 Å². The van der Waals surface area contributed by atoms with Gasteiger partial charge in [-0.3, -0.25) is 4.72 Å². The lowest BCUT2D eigenvalue weighted by molar-refractivity contribution is 0.461. The molecule has 0 aliphatic carbocycles. The van der Waals surface area contributed by atoms with E-state index in [9.17, 15) is 8.42 Å². The number of nitriles is 1. The van der Waals surface area contributed by atoms with E-state index in [1.807, 2.05) is 6.07 Å². The fourth-order valence-electron chi connectivity index (χ4n) is 2.19. The summed E-state index contributed by atoms with van der Waals surface area (Å²) in [5.74, 6) is 0.592. The van der Waals surface area contributed by atoms with Crippen LogP contribution in [-0.4, -0.2) is 13.4 Å². The second-order valence-corrected chi connectivity index (χ2v) is 9.28. The van der Waals surface area contributed by atoms with E-state index in [0.29, 0.717) is 22.6 Å². The Morgan fingerprint density at radius 1 is 1.26 bits per heavy atom. The number of ether oxygens (including phenoxy) is 1. The highest BCUT2D eigenvalue weighted by Gasteiger charge is 2.22. The Kier molecular flexibility index (Phi) is 5.58. The van der Waals surface area contributed by atoms with Gasteiger partial charge in [-0.25, -0.2) is 13.4 Å². The van der Waals surface area contributed by atoms with Crippen molar-refractivity contribution in [1.82, 2.24) is 4.98 Å². The zero-order chi connectivity index (χ0) is 19.6. The van der Waals surface area contributed by atoms with Crippen LogP contribution < -0.4 is 9.46 Å². The van der Waals surface area contributed by atoms with Crippen LogP contribution in [0.2, 0.25) is 8.67 Å². The first kappa shape index (κ1) is 19.5. The molecule has 0 unspecified atom stereocenters. The van der Waals surface area contributed by atoms with E-state index in [4.69, 9.17) is 33.2 Å². The van der Waals surface area contributed by atoms with E-state index in [-0.39, 0.29) is 19.4 Å². The van der Waals surface area contributed by atoms with Crippen molar-refractivity contribution in [2.75, 3.05) is 4.72 Å². The van der Waals surface area contributed by atoms with Crippen LogP contribution >= 0.6 is 34.5 Å². The van der Waals surface area contributed by atoms with Crippen molar-refractivity contribution in [2.24, 2.45) is 0 Å². The standard InChI is InChI=1S/C17H11Cl2N3O3S2/c1-10-7-12(25-17-11(9-20)3-2-6-21-17)4-5-13(10)22-27(23,24)14-8-15(18)26-16(14)19/h2-8,22H,1H3. The van der Waals surface area contributed by atoms with Gasteiger partial charge in [0, 0.05) is 6.20 Å². The molecule has 27 heavy (non-hydrogen) atoms. The Balaban J connectivity index is 1.85. The number of anilines is 1. The van der Waals surface area contributed by atoms with Crippen molar-refractivity contribution in [3.63, 3.8) is 0 Å². The molecule has 0 saturated heterocycles. The first-order valence-corrected chi connectivity index (χ1v) is 10.5. The quantitative estimate of drug-likeness (QED) is 0.587. The molecule has 0 spiro atoms. The summed E-state index contributed by atoms with van der Waals surface area (Å²) in [4.78, 5) is 3.95. The van der Waals surface area contributed by atoms with Crippen molar-refractivity contribution >= 4 is 50.2 Å². The highest BCUT2D eigenvalue weighted by Crippen LogP contribution is 2.36. The van der Waals surface area contributed by atoms with Gasteiger partial charge >= 0.3 is 0 Å².